The number of thioether (sulfide) groups is 1. The third kappa shape index (κ3) is 9.45. The molecule has 3 amide bonds. The van der Waals surface area contributed by atoms with Gasteiger partial charge in [-0.3, -0.25) is 14.4 Å². The molecule has 0 bridgehead atoms. The maximum Gasteiger partial charge on any atom is 0.240 e. The predicted octanol–water partition coefficient (Wildman–Crippen LogP) is 3.97. The molecule has 0 spiro atoms. The highest BCUT2D eigenvalue weighted by atomic mass is 32.2. The van der Waals surface area contributed by atoms with E-state index in [4.69, 9.17) is 5.73 Å². The molecule has 5 N–H and O–H groups in total. The van der Waals surface area contributed by atoms with Crippen LogP contribution in [0.25, 0.3) is 10.8 Å². The van der Waals surface area contributed by atoms with Gasteiger partial charge in [-0.15, -0.1) is 11.8 Å². The van der Waals surface area contributed by atoms with Crippen LogP contribution in [0.15, 0.2) is 66.7 Å². The molecule has 242 valence electrons. The number of rotatable bonds is 17. The average Bonchev–Trinajstić information content (AvgIpc) is 3.39. The van der Waals surface area contributed by atoms with Gasteiger partial charge in [-0.25, -0.2) is 0 Å². The number of nitrogens with two attached hydrogens (primary N) is 1. The number of aryl methyl sites for hydroxylation is 1. The summed E-state index contributed by atoms with van der Waals surface area (Å²) in [5.41, 5.74) is 9.56. The Morgan fingerprint density at radius 1 is 0.978 bits per heavy atom. The second-order valence-electron chi connectivity index (χ2n) is 11.3. The Morgan fingerprint density at radius 2 is 1.71 bits per heavy atom. The summed E-state index contributed by atoms with van der Waals surface area (Å²) in [7, 11) is 0. The highest BCUT2D eigenvalue weighted by Gasteiger charge is 2.44. The fraction of sp³-hybridized carbons (Fsp3) is 0.457. The van der Waals surface area contributed by atoms with Gasteiger partial charge in [-0.05, 0) is 66.9 Å². The summed E-state index contributed by atoms with van der Waals surface area (Å²) >= 11 is 1.45. The van der Waals surface area contributed by atoms with Gasteiger partial charge in [0.15, 0.2) is 0 Å². The molecule has 1 aliphatic rings. The SMILES string of the molecule is CCN(CC)CCNC(=O)CCCc1ccc(NC[C@H]2SC([C@H](N)C(=O)NCc3cccc4ccccc34)N(CC)C2=O)cc1. The van der Waals surface area contributed by atoms with Crippen LogP contribution in [-0.2, 0) is 27.3 Å². The smallest absolute Gasteiger partial charge is 0.240 e. The number of likely N-dealkylation sites (N-methyl/N-ethyl adjacent to an activating group) is 2. The lowest BCUT2D eigenvalue weighted by molar-refractivity contribution is -0.131. The van der Waals surface area contributed by atoms with Crippen LogP contribution in [0.4, 0.5) is 5.69 Å². The molecule has 3 aromatic carbocycles. The van der Waals surface area contributed by atoms with E-state index in [0.717, 1.165) is 54.5 Å². The number of fused-ring (bicyclic) bond motifs is 1. The van der Waals surface area contributed by atoms with Crippen LogP contribution in [-0.4, -0.2) is 83.5 Å². The topological polar surface area (TPSA) is 120 Å². The predicted molar refractivity (Wildman–Crippen MR) is 185 cm³/mol. The lowest BCUT2D eigenvalue weighted by atomic mass is 10.0. The highest BCUT2D eigenvalue weighted by molar-refractivity contribution is 8.01. The standard InChI is InChI=1S/C35H48N6O3S/c1-4-40(5-2)22-21-37-31(42)16-9-11-25-17-19-28(20-18-25)38-24-30-34(44)41(6-3)35(45-30)32(36)33(43)39-23-27-14-10-13-26-12-7-8-15-29(26)27/h7-8,10,12-15,17-20,30,32,35,38H,4-6,9,11,16,21-24,36H2,1-3H3,(H,37,42)(H,39,43)/t30-,32-,35?/m1/s1. The normalized spacial score (nSPS) is 17.1. The molecular formula is C35H48N6O3S. The molecule has 1 fully saturated rings. The Hall–Kier alpha value is -3.60. The van der Waals surface area contributed by atoms with Gasteiger partial charge >= 0.3 is 0 Å². The van der Waals surface area contributed by atoms with Crippen molar-refractivity contribution < 1.29 is 14.4 Å². The fourth-order valence-corrected chi connectivity index (χ4v) is 7.13. The molecule has 4 rings (SSSR count). The van der Waals surface area contributed by atoms with E-state index in [1.807, 2.05) is 61.5 Å². The number of benzene rings is 3. The number of nitrogens with one attached hydrogen (secondary N) is 3. The average molecular weight is 633 g/mol. The molecule has 0 radical (unpaired) electrons. The van der Waals surface area contributed by atoms with Crippen LogP contribution in [0.1, 0.15) is 44.7 Å². The van der Waals surface area contributed by atoms with Crippen LogP contribution < -0.4 is 21.7 Å². The minimum atomic E-state index is -0.845. The first-order chi connectivity index (χ1) is 21.8. The molecule has 0 saturated carbocycles. The molecule has 1 unspecified atom stereocenters. The van der Waals surface area contributed by atoms with Crippen molar-refractivity contribution in [2.75, 3.05) is 44.6 Å². The van der Waals surface area contributed by atoms with Gasteiger partial charge in [-0.1, -0.05) is 68.4 Å². The number of carbonyl (C=O) groups is 3. The lowest BCUT2D eigenvalue weighted by Gasteiger charge is -2.26. The van der Waals surface area contributed by atoms with Gasteiger partial charge < -0.3 is 31.5 Å². The Kier molecular flexibility index (Phi) is 13.1. The van der Waals surface area contributed by atoms with Crippen molar-refractivity contribution in [3.63, 3.8) is 0 Å². The quantitative estimate of drug-likeness (QED) is 0.178. The lowest BCUT2D eigenvalue weighted by Crippen LogP contribution is -2.52. The van der Waals surface area contributed by atoms with Gasteiger partial charge in [0.1, 0.15) is 16.7 Å². The van der Waals surface area contributed by atoms with Crippen molar-refractivity contribution in [2.24, 2.45) is 5.73 Å². The Labute approximate surface area is 271 Å². The van der Waals surface area contributed by atoms with Crippen LogP contribution in [0.5, 0.6) is 0 Å². The minimum Gasteiger partial charge on any atom is -0.383 e. The largest absolute Gasteiger partial charge is 0.383 e. The summed E-state index contributed by atoms with van der Waals surface area (Å²) < 4.78 is 0. The molecule has 1 saturated heterocycles. The zero-order chi connectivity index (χ0) is 32.2. The van der Waals surface area contributed by atoms with Crippen molar-refractivity contribution >= 4 is 45.9 Å². The van der Waals surface area contributed by atoms with Gasteiger partial charge in [0.25, 0.3) is 0 Å². The van der Waals surface area contributed by atoms with Crippen molar-refractivity contribution in [3.05, 3.63) is 77.9 Å². The summed E-state index contributed by atoms with van der Waals surface area (Å²) in [6.07, 6.45) is 2.13. The summed E-state index contributed by atoms with van der Waals surface area (Å²) in [5, 5.41) is 10.8. The third-order valence-corrected chi connectivity index (χ3v) is 9.94. The van der Waals surface area contributed by atoms with Gasteiger partial charge in [-0.2, -0.15) is 0 Å². The maximum absolute atomic E-state index is 13.2. The first-order valence-electron chi connectivity index (χ1n) is 16.1. The monoisotopic (exact) mass is 632 g/mol. The Morgan fingerprint density at radius 3 is 2.44 bits per heavy atom. The van der Waals surface area contributed by atoms with E-state index in [1.165, 1.54) is 17.3 Å². The van der Waals surface area contributed by atoms with Gasteiger partial charge in [0.05, 0.1) is 0 Å². The Bertz CT molecular complexity index is 1410. The van der Waals surface area contributed by atoms with Crippen molar-refractivity contribution in [1.82, 2.24) is 20.4 Å². The summed E-state index contributed by atoms with van der Waals surface area (Å²) in [6.45, 7) is 11.0. The van der Waals surface area contributed by atoms with E-state index >= 15 is 0 Å². The first-order valence-corrected chi connectivity index (χ1v) is 17.1. The molecule has 9 nitrogen and oxygen atoms in total. The van der Waals surface area contributed by atoms with Crippen LogP contribution in [0, 0.1) is 0 Å². The van der Waals surface area contributed by atoms with Crippen molar-refractivity contribution in [1.29, 1.82) is 0 Å². The summed E-state index contributed by atoms with van der Waals surface area (Å²) in [4.78, 5) is 42.5. The molecular weight excluding hydrogens is 584 g/mol. The van der Waals surface area contributed by atoms with Crippen LogP contribution >= 0.6 is 11.8 Å². The number of nitrogens with zero attached hydrogens (tertiary/aromatic N) is 2. The van der Waals surface area contributed by atoms with E-state index in [0.29, 0.717) is 32.6 Å². The maximum atomic E-state index is 13.2. The Balaban J connectivity index is 1.21. The number of hydrogen-bond acceptors (Lipinski definition) is 7. The van der Waals surface area contributed by atoms with E-state index in [2.05, 4.69) is 46.8 Å². The number of carbonyl (C=O) groups excluding carboxylic acids is 3. The molecule has 3 atom stereocenters. The second kappa shape index (κ2) is 17.2. The molecule has 1 aliphatic heterocycles. The first kappa shape index (κ1) is 34.3. The second-order valence-corrected chi connectivity index (χ2v) is 12.7. The molecule has 45 heavy (non-hydrogen) atoms. The van der Waals surface area contributed by atoms with E-state index in [-0.39, 0.29) is 23.0 Å². The third-order valence-electron chi connectivity index (χ3n) is 8.41. The molecule has 0 aromatic heterocycles. The highest BCUT2D eigenvalue weighted by Crippen LogP contribution is 2.33. The molecule has 1 heterocycles. The van der Waals surface area contributed by atoms with Crippen molar-refractivity contribution in [2.45, 2.75) is 63.2 Å². The summed E-state index contributed by atoms with van der Waals surface area (Å²) in [6, 6.07) is 21.4. The molecule has 3 aromatic rings. The van der Waals surface area contributed by atoms with E-state index < -0.39 is 11.4 Å². The summed E-state index contributed by atoms with van der Waals surface area (Å²) in [5.74, 6) is -0.182. The van der Waals surface area contributed by atoms with Crippen LogP contribution in [0.2, 0.25) is 0 Å². The van der Waals surface area contributed by atoms with E-state index in [9.17, 15) is 14.4 Å². The number of anilines is 1. The van der Waals surface area contributed by atoms with Gasteiger partial charge in [0.2, 0.25) is 17.7 Å². The minimum absolute atomic E-state index is 0.00991. The van der Waals surface area contributed by atoms with E-state index in [1.54, 1.807) is 4.90 Å². The van der Waals surface area contributed by atoms with Crippen molar-refractivity contribution in [3.8, 4) is 0 Å². The van der Waals surface area contributed by atoms with Gasteiger partial charge in [0, 0.05) is 44.8 Å². The molecule has 0 aliphatic carbocycles. The van der Waals surface area contributed by atoms with Crippen LogP contribution in [0.3, 0.4) is 0 Å². The number of hydrogen-bond donors (Lipinski definition) is 4. The molecule has 10 heteroatoms. The fourth-order valence-electron chi connectivity index (χ4n) is 5.67. The zero-order valence-corrected chi connectivity index (χ0v) is 27.6. The zero-order valence-electron chi connectivity index (χ0n) is 26.8. The number of amides is 3.